The monoisotopic (exact) mass is 783 g/mol. The summed E-state index contributed by atoms with van der Waals surface area (Å²) in [5.74, 6) is 1.18. The molecule has 6 aromatic rings. The molecule has 0 saturated carbocycles. The lowest BCUT2D eigenvalue weighted by Crippen LogP contribution is -2.54. The first-order valence-corrected chi connectivity index (χ1v) is 25.1. The molecule has 0 radical (unpaired) electrons. The van der Waals surface area contributed by atoms with Crippen molar-refractivity contribution < 1.29 is 8.98 Å². The van der Waals surface area contributed by atoms with E-state index in [1.165, 1.54) is 44.8 Å². The van der Waals surface area contributed by atoms with Crippen LogP contribution in [0, 0.1) is 11.8 Å². The second-order valence-electron chi connectivity index (χ2n) is 18.7. The van der Waals surface area contributed by atoms with E-state index in [1.54, 1.807) is 5.19 Å². The summed E-state index contributed by atoms with van der Waals surface area (Å²) in [6, 6.07) is 27.5. The summed E-state index contributed by atoms with van der Waals surface area (Å²) in [5, 5.41) is 3.88. The Morgan fingerprint density at radius 1 is 0.948 bits per heavy atom. The van der Waals surface area contributed by atoms with Crippen LogP contribution in [0.2, 0.25) is 19.6 Å². The number of aromatic nitrogens is 2. The van der Waals surface area contributed by atoms with Gasteiger partial charge in [-0.2, -0.15) is 4.57 Å². The number of rotatable bonds is 7. The van der Waals surface area contributed by atoms with Crippen LogP contribution in [0.5, 0.6) is 0 Å². The summed E-state index contributed by atoms with van der Waals surface area (Å²) in [6.45, 7) is 28.5. The lowest BCUT2D eigenvalue weighted by molar-refractivity contribution is -0.717. The third kappa shape index (κ3) is 6.18. The van der Waals surface area contributed by atoms with Gasteiger partial charge in [0.15, 0.2) is 12.2 Å². The zero-order valence-corrected chi connectivity index (χ0v) is 36.8. The van der Waals surface area contributed by atoms with Crippen molar-refractivity contribution in [2.24, 2.45) is 11.8 Å². The van der Waals surface area contributed by atoms with Crippen molar-refractivity contribution in [3.8, 4) is 11.3 Å². The lowest BCUT2D eigenvalue weighted by Gasteiger charge is -2.40. The molecule has 0 saturated heterocycles. The number of pyridine rings is 2. The number of fused-ring (bicyclic) bond motifs is 14. The second-order valence-corrected chi connectivity index (χ2v) is 23.7. The second kappa shape index (κ2) is 14.6. The minimum absolute atomic E-state index is 0.161. The highest BCUT2D eigenvalue weighted by atomic mass is 28.3. The molecule has 3 aromatic carbocycles. The zero-order chi connectivity index (χ0) is 40.6. The number of para-hydroxylation sites is 1. The topological polar surface area (TPSA) is 36.4 Å². The fraction of sp³-hybridized carbons (Fsp3) is 0.346. The van der Waals surface area contributed by atoms with E-state index in [9.17, 15) is 0 Å². The van der Waals surface area contributed by atoms with Crippen LogP contribution in [0.25, 0.3) is 33.2 Å². The highest BCUT2D eigenvalue weighted by molar-refractivity contribution is 6.89. The zero-order valence-electron chi connectivity index (χ0n) is 35.8. The van der Waals surface area contributed by atoms with E-state index < -0.39 is 8.07 Å². The average Bonchev–Trinajstić information content (AvgIpc) is 3.73. The molecule has 0 N–H and O–H groups in total. The van der Waals surface area contributed by atoms with Gasteiger partial charge in [-0.1, -0.05) is 110 Å². The van der Waals surface area contributed by atoms with E-state index >= 15 is 0 Å². The molecule has 6 heterocycles. The maximum atomic E-state index is 6.64. The third-order valence-corrected chi connectivity index (χ3v) is 15.2. The van der Waals surface area contributed by atoms with Crippen LogP contribution in [0.4, 0.5) is 11.4 Å². The van der Waals surface area contributed by atoms with Gasteiger partial charge in [0.25, 0.3) is 0 Å². The molecule has 6 heteroatoms. The molecule has 3 unspecified atom stereocenters. The smallest absolute Gasteiger partial charge is 0.213 e. The quantitative estimate of drug-likeness (QED) is 0.0918. The van der Waals surface area contributed by atoms with Crippen LogP contribution in [0.1, 0.15) is 94.3 Å². The van der Waals surface area contributed by atoms with Crippen LogP contribution in [0.15, 0.2) is 132 Å². The van der Waals surface area contributed by atoms with Gasteiger partial charge in [-0.25, -0.2) is 0 Å². The molecule has 3 aliphatic rings. The maximum absolute atomic E-state index is 6.64. The van der Waals surface area contributed by atoms with Gasteiger partial charge in [0.1, 0.15) is 17.3 Å². The Morgan fingerprint density at radius 2 is 1.72 bits per heavy atom. The minimum Gasteiger partial charge on any atom is -0.456 e. The SMILES string of the molecule is C=C/C(=C(\CC)N1c2cnccc2N2C(=C)CC3C(CCc4cc5oc6ccccc6c5cc4C21)c1ccccc1-c1cc(CC(C)C)c([Si](C)(C)C)c[n+]13)C(C)C. The first-order chi connectivity index (χ1) is 27.9. The number of hydrogen-bond acceptors (Lipinski definition) is 4. The number of furan rings is 1. The molecule has 0 fully saturated rings. The number of anilines is 2. The van der Waals surface area contributed by atoms with Crippen LogP contribution >= 0.6 is 0 Å². The molecule has 0 aliphatic carbocycles. The van der Waals surface area contributed by atoms with Crippen LogP contribution in [0.3, 0.4) is 0 Å². The Hall–Kier alpha value is -5.20. The van der Waals surface area contributed by atoms with Crippen molar-refractivity contribution in [1.29, 1.82) is 0 Å². The fourth-order valence-electron chi connectivity index (χ4n) is 10.6. The molecule has 5 nitrogen and oxygen atoms in total. The number of allylic oxidation sites excluding steroid dienone is 4. The van der Waals surface area contributed by atoms with Crippen molar-refractivity contribution in [2.45, 2.75) is 104 Å². The molecule has 296 valence electrons. The van der Waals surface area contributed by atoms with Crippen LogP contribution < -0.4 is 19.6 Å². The first-order valence-electron chi connectivity index (χ1n) is 21.6. The Kier molecular flexibility index (Phi) is 9.62. The normalized spacial score (nSPS) is 19.4. The highest BCUT2D eigenvalue weighted by Gasteiger charge is 2.47. The summed E-state index contributed by atoms with van der Waals surface area (Å²) < 4.78 is 9.34. The summed E-state index contributed by atoms with van der Waals surface area (Å²) in [4.78, 5) is 9.92. The number of benzene rings is 3. The summed E-state index contributed by atoms with van der Waals surface area (Å²) >= 11 is 0. The molecular weight excluding hydrogens is 725 g/mol. The molecular formula is C52H59N4OSi+. The number of aryl methyl sites for hydroxylation is 1. The van der Waals surface area contributed by atoms with Gasteiger partial charge in [0.2, 0.25) is 5.69 Å². The molecule has 0 bridgehead atoms. The summed E-state index contributed by atoms with van der Waals surface area (Å²) in [6.07, 6.45) is 13.2. The van der Waals surface area contributed by atoms with Crippen molar-refractivity contribution in [3.63, 3.8) is 0 Å². The number of hydrogen-bond donors (Lipinski definition) is 0. The van der Waals surface area contributed by atoms with E-state index in [2.05, 4.69) is 166 Å². The van der Waals surface area contributed by atoms with E-state index in [-0.39, 0.29) is 12.2 Å². The van der Waals surface area contributed by atoms with E-state index in [0.717, 1.165) is 71.1 Å². The van der Waals surface area contributed by atoms with Gasteiger partial charge in [-0.05, 0) is 95.7 Å². The minimum atomic E-state index is -1.71. The van der Waals surface area contributed by atoms with Crippen LogP contribution in [-0.2, 0) is 12.8 Å². The number of nitrogens with zero attached hydrogens (tertiary/aromatic N) is 4. The molecule has 0 spiro atoms. The van der Waals surface area contributed by atoms with Crippen molar-refractivity contribution in [1.82, 2.24) is 4.98 Å². The predicted octanol–water partition coefficient (Wildman–Crippen LogP) is 12.7. The standard InChI is InChI=1S/C52H59N4OSi/c1-11-37(33(5)6)44(12-2)56-48-30-53-24-23-45(48)55-34(7)26-46-40(22-21-35-28-50-43(29-42(35)52(55)56)41-19-15-16-20-49(41)57-50)38-17-13-14-18-39(38)47-27-36(25-32(3)4)51(31-54(46)47)58(8,9)10/h11,13-20,23-24,27-33,40,46,52H,1,7,12,21-22,25-26H2,2-6,8-10H3/q+1/b44-37-. The maximum Gasteiger partial charge on any atom is 0.213 e. The molecule has 3 atom stereocenters. The Bertz CT molecular complexity index is 2640. The van der Waals surface area contributed by atoms with Crippen molar-refractivity contribution in [3.05, 3.63) is 150 Å². The molecule has 3 aromatic heterocycles. The van der Waals surface area contributed by atoms with Crippen molar-refractivity contribution in [2.75, 3.05) is 9.80 Å². The lowest BCUT2D eigenvalue weighted by atomic mass is 9.77. The van der Waals surface area contributed by atoms with Gasteiger partial charge in [-0.15, -0.1) is 0 Å². The predicted molar refractivity (Wildman–Crippen MR) is 245 cm³/mol. The van der Waals surface area contributed by atoms with Gasteiger partial charge in [0, 0.05) is 51.1 Å². The van der Waals surface area contributed by atoms with Crippen molar-refractivity contribution >= 4 is 46.6 Å². The molecule has 0 amide bonds. The van der Waals surface area contributed by atoms with Gasteiger partial charge < -0.3 is 14.2 Å². The Morgan fingerprint density at radius 3 is 2.47 bits per heavy atom. The Balaban J connectivity index is 1.32. The van der Waals surface area contributed by atoms with Gasteiger partial charge >= 0.3 is 0 Å². The van der Waals surface area contributed by atoms with Crippen LogP contribution in [-0.4, -0.2) is 13.1 Å². The first kappa shape index (κ1) is 38.3. The largest absolute Gasteiger partial charge is 0.456 e. The highest BCUT2D eigenvalue weighted by Crippen LogP contribution is 2.55. The Labute approximate surface area is 346 Å². The third-order valence-electron chi connectivity index (χ3n) is 13.1. The summed E-state index contributed by atoms with van der Waals surface area (Å²) in [5.41, 5.74) is 16.1. The van der Waals surface area contributed by atoms with Gasteiger partial charge in [-0.3, -0.25) is 4.98 Å². The molecule has 9 rings (SSSR count). The molecule has 3 aliphatic heterocycles. The van der Waals surface area contributed by atoms with E-state index in [1.807, 2.05) is 6.20 Å². The van der Waals surface area contributed by atoms with E-state index in [4.69, 9.17) is 16.0 Å². The summed E-state index contributed by atoms with van der Waals surface area (Å²) in [7, 11) is -1.71. The molecule has 58 heavy (non-hydrogen) atoms. The van der Waals surface area contributed by atoms with E-state index in [0.29, 0.717) is 17.8 Å². The fourth-order valence-corrected chi connectivity index (χ4v) is 12.3. The van der Waals surface area contributed by atoms with Gasteiger partial charge in [0.05, 0.1) is 32.1 Å². The average molecular weight is 784 g/mol.